The van der Waals surface area contributed by atoms with Crippen LogP contribution in [0.3, 0.4) is 0 Å². The van der Waals surface area contributed by atoms with Crippen molar-refractivity contribution in [3.05, 3.63) is 23.8 Å². The topological polar surface area (TPSA) is 32.7 Å². The molecule has 3 rings (SSSR count). The molecule has 0 radical (unpaired) electrons. The van der Waals surface area contributed by atoms with Crippen molar-refractivity contribution in [1.29, 1.82) is 0 Å². The summed E-state index contributed by atoms with van der Waals surface area (Å²) in [5.41, 5.74) is 1.19. The molecule has 2 heterocycles. The van der Waals surface area contributed by atoms with Crippen LogP contribution in [0.4, 0.5) is 0 Å². The van der Waals surface area contributed by atoms with Crippen LogP contribution < -0.4 is 4.74 Å². The van der Waals surface area contributed by atoms with E-state index in [-0.39, 0.29) is 12.4 Å². The van der Waals surface area contributed by atoms with Crippen molar-refractivity contribution < 1.29 is 9.84 Å². The zero-order valence-electron chi connectivity index (χ0n) is 10.6. The number of halogens is 1. The van der Waals surface area contributed by atoms with Crippen molar-refractivity contribution in [2.75, 3.05) is 19.7 Å². The van der Waals surface area contributed by atoms with Gasteiger partial charge in [-0.05, 0) is 44.1 Å². The molecule has 2 atom stereocenters. The van der Waals surface area contributed by atoms with Crippen molar-refractivity contribution in [3.8, 4) is 11.5 Å². The van der Waals surface area contributed by atoms with E-state index < -0.39 is 0 Å². The number of benzene rings is 1. The molecule has 18 heavy (non-hydrogen) atoms. The molecule has 0 unspecified atom stereocenters. The quantitative estimate of drug-likeness (QED) is 0.896. The Bertz CT molecular complexity index is 424. The first-order valence-corrected chi connectivity index (χ1v) is 6.49. The van der Waals surface area contributed by atoms with Crippen LogP contribution in [0, 0.1) is 0 Å². The zero-order valence-corrected chi connectivity index (χ0v) is 11.4. The summed E-state index contributed by atoms with van der Waals surface area (Å²) in [6, 6.07) is 5.98. The lowest BCUT2D eigenvalue weighted by Crippen LogP contribution is -2.39. The number of aromatic hydroxyl groups is 1. The SMILES string of the molecule is CCCN1CC[C@@H]2c3cc(O)ccc3OC[C@@H]21.Cl. The number of rotatable bonds is 2. The summed E-state index contributed by atoms with van der Waals surface area (Å²) in [6.45, 7) is 5.32. The van der Waals surface area contributed by atoms with Gasteiger partial charge in [-0.3, -0.25) is 4.90 Å². The Morgan fingerprint density at radius 3 is 3.06 bits per heavy atom. The third-order valence-corrected chi connectivity index (χ3v) is 3.97. The summed E-state index contributed by atoms with van der Waals surface area (Å²) < 4.78 is 5.82. The molecule has 1 N–H and O–H groups in total. The van der Waals surface area contributed by atoms with Crippen molar-refractivity contribution in [2.24, 2.45) is 0 Å². The summed E-state index contributed by atoms with van der Waals surface area (Å²) in [7, 11) is 0. The Hall–Kier alpha value is -0.930. The molecule has 0 aromatic heterocycles. The van der Waals surface area contributed by atoms with Crippen molar-refractivity contribution in [2.45, 2.75) is 31.7 Å². The highest BCUT2D eigenvalue weighted by atomic mass is 35.5. The lowest BCUT2D eigenvalue weighted by atomic mass is 9.89. The summed E-state index contributed by atoms with van der Waals surface area (Å²) in [6.07, 6.45) is 2.38. The average molecular weight is 270 g/mol. The van der Waals surface area contributed by atoms with Gasteiger partial charge in [-0.15, -0.1) is 12.4 Å². The van der Waals surface area contributed by atoms with Crippen LogP contribution in [0.1, 0.15) is 31.2 Å². The van der Waals surface area contributed by atoms with Gasteiger partial charge in [0, 0.05) is 11.5 Å². The highest BCUT2D eigenvalue weighted by Gasteiger charge is 2.39. The van der Waals surface area contributed by atoms with E-state index >= 15 is 0 Å². The minimum absolute atomic E-state index is 0. The highest BCUT2D eigenvalue weighted by Crippen LogP contribution is 2.43. The van der Waals surface area contributed by atoms with Gasteiger partial charge in [-0.25, -0.2) is 0 Å². The second-order valence-corrected chi connectivity index (χ2v) is 5.03. The molecule has 1 fully saturated rings. The van der Waals surface area contributed by atoms with Gasteiger partial charge >= 0.3 is 0 Å². The van der Waals surface area contributed by atoms with Gasteiger partial charge in [0.25, 0.3) is 0 Å². The number of hydrogen-bond acceptors (Lipinski definition) is 3. The van der Waals surface area contributed by atoms with E-state index in [2.05, 4.69) is 11.8 Å². The second-order valence-electron chi connectivity index (χ2n) is 5.03. The molecule has 4 heteroatoms. The zero-order chi connectivity index (χ0) is 11.8. The third kappa shape index (κ3) is 2.17. The van der Waals surface area contributed by atoms with Gasteiger partial charge in [0.2, 0.25) is 0 Å². The number of hydrogen-bond donors (Lipinski definition) is 1. The van der Waals surface area contributed by atoms with Crippen LogP contribution in [0.2, 0.25) is 0 Å². The third-order valence-electron chi connectivity index (χ3n) is 3.97. The first-order valence-electron chi connectivity index (χ1n) is 6.49. The summed E-state index contributed by atoms with van der Waals surface area (Å²) >= 11 is 0. The predicted molar refractivity (Wildman–Crippen MR) is 73.9 cm³/mol. The minimum Gasteiger partial charge on any atom is -0.508 e. The van der Waals surface area contributed by atoms with Crippen LogP contribution in [-0.4, -0.2) is 35.7 Å². The van der Waals surface area contributed by atoms with E-state index in [1.807, 2.05) is 12.1 Å². The molecule has 3 nitrogen and oxygen atoms in total. The standard InChI is InChI=1S/C14H19NO2.ClH/c1-2-6-15-7-5-11-12-8-10(16)3-4-14(12)17-9-13(11)15;/h3-4,8,11,13,16H,2,5-7,9H2,1H3;1H/t11-,13+;/m1./s1. The molecule has 0 amide bonds. The van der Waals surface area contributed by atoms with Gasteiger partial charge in [-0.2, -0.15) is 0 Å². The van der Waals surface area contributed by atoms with E-state index in [1.165, 1.54) is 18.4 Å². The lowest BCUT2D eigenvalue weighted by molar-refractivity contribution is 0.147. The van der Waals surface area contributed by atoms with Crippen LogP contribution in [-0.2, 0) is 0 Å². The summed E-state index contributed by atoms with van der Waals surface area (Å²) in [5.74, 6) is 1.85. The second kappa shape index (κ2) is 5.37. The lowest BCUT2D eigenvalue weighted by Gasteiger charge is -2.33. The van der Waals surface area contributed by atoms with E-state index in [0.717, 1.165) is 25.4 Å². The normalized spacial score (nSPS) is 25.8. The number of phenols is 1. The molecule has 2 aliphatic heterocycles. The monoisotopic (exact) mass is 269 g/mol. The molecular weight excluding hydrogens is 250 g/mol. The van der Waals surface area contributed by atoms with Crippen molar-refractivity contribution >= 4 is 12.4 Å². The summed E-state index contributed by atoms with van der Waals surface area (Å²) in [5, 5.41) is 9.61. The van der Waals surface area contributed by atoms with Crippen LogP contribution in [0.15, 0.2) is 18.2 Å². The maximum Gasteiger partial charge on any atom is 0.123 e. The fourth-order valence-electron chi connectivity index (χ4n) is 3.20. The molecule has 0 bridgehead atoms. The number of fused-ring (bicyclic) bond motifs is 3. The van der Waals surface area contributed by atoms with Crippen LogP contribution >= 0.6 is 12.4 Å². The Kier molecular flexibility index (Phi) is 4.03. The van der Waals surface area contributed by atoms with Crippen molar-refractivity contribution in [1.82, 2.24) is 4.90 Å². The van der Waals surface area contributed by atoms with Gasteiger partial charge in [0.1, 0.15) is 18.1 Å². The number of phenolic OH excluding ortho intramolecular Hbond substituents is 1. The Morgan fingerprint density at radius 1 is 1.44 bits per heavy atom. The fourth-order valence-corrected chi connectivity index (χ4v) is 3.20. The molecular formula is C14H20ClNO2. The molecule has 100 valence electrons. The maximum atomic E-state index is 9.61. The molecule has 1 saturated heterocycles. The van der Waals surface area contributed by atoms with Gasteiger partial charge in [0.15, 0.2) is 0 Å². The highest BCUT2D eigenvalue weighted by molar-refractivity contribution is 5.85. The van der Waals surface area contributed by atoms with Gasteiger partial charge < -0.3 is 9.84 Å². The minimum atomic E-state index is 0. The van der Waals surface area contributed by atoms with Gasteiger partial charge in [-0.1, -0.05) is 6.92 Å². The largest absolute Gasteiger partial charge is 0.508 e. The van der Waals surface area contributed by atoms with Gasteiger partial charge in [0.05, 0.1) is 6.04 Å². The number of nitrogens with zero attached hydrogens (tertiary/aromatic N) is 1. The predicted octanol–water partition coefficient (Wildman–Crippen LogP) is 2.77. The van der Waals surface area contributed by atoms with E-state index in [4.69, 9.17) is 4.74 Å². The van der Waals surface area contributed by atoms with E-state index in [1.54, 1.807) is 6.07 Å². The molecule has 0 spiro atoms. The van der Waals surface area contributed by atoms with Crippen LogP contribution in [0.5, 0.6) is 11.5 Å². The average Bonchev–Trinajstić information content (AvgIpc) is 2.73. The van der Waals surface area contributed by atoms with E-state index in [0.29, 0.717) is 17.7 Å². The first-order chi connectivity index (χ1) is 8.29. The maximum absolute atomic E-state index is 9.61. The molecule has 2 aliphatic rings. The smallest absolute Gasteiger partial charge is 0.123 e. The van der Waals surface area contributed by atoms with Crippen molar-refractivity contribution in [3.63, 3.8) is 0 Å². The Balaban J connectivity index is 0.00000120. The Morgan fingerprint density at radius 2 is 2.28 bits per heavy atom. The fraction of sp³-hybridized carbons (Fsp3) is 0.571. The molecule has 1 aromatic carbocycles. The molecule has 0 aliphatic carbocycles. The first kappa shape index (κ1) is 13.5. The summed E-state index contributed by atoms with van der Waals surface area (Å²) in [4.78, 5) is 2.53. The molecule has 1 aromatic rings. The molecule has 0 saturated carbocycles. The Labute approximate surface area is 114 Å². The van der Waals surface area contributed by atoms with Crippen LogP contribution in [0.25, 0.3) is 0 Å². The van der Waals surface area contributed by atoms with E-state index in [9.17, 15) is 5.11 Å². The number of ether oxygens (including phenoxy) is 1. The number of likely N-dealkylation sites (tertiary alicyclic amines) is 1.